The molecule has 1 aliphatic heterocycles. The second kappa shape index (κ2) is 6.38. The molecule has 2 heteroatoms. The molecular weight excluding hydrogens is 220 g/mol. The van der Waals surface area contributed by atoms with Gasteiger partial charge in [0, 0.05) is 19.1 Å². The summed E-state index contributed by atoms with van der Waals surface area (Å²) in [6, 6.07) is 0.727. The van der Waals surface area contributed by atoms with Crippen molar-refractivity contribution < 1.29 is 0 Å². The van der Waals surface area contributed by atoms with Gasteiger partial charge in [0.2, 0.25) is 0 Å². The van der Waals surface area contributed by atoms with E-state index in [2.05, 4.69) is 31.0 Å². The molecule has 0 aromatic rings. The quantitative estimate of drug-likeness (QED) is 0.780. The molecule has 0 radical (unpaired) electrons. The molecule has 1 N–H and O–H groups in total. The van der Waals surface area contributed by atoms with Gasteiger partial charge in [-0.1, -0.05) is 27.2 Å². The number of hydrogen-bond donors (Lipinski definition) is 1. The van der Waals surface area contributed by atoms with Crippen LogP contribution in [0.15, 0.2) is 0 Å². The van der Waals surface area contributed by atoms with Gasteiger partial charge in [0.1, 0.15) is 0 Å². The molecule has 1 unspecified atom stereocenters. The molecule has 1 atom stereocenters. The van der Waals surface area contributed by atoms with Crippen LogP contribution in [0.2, 0.25) is 0 Å². The molecule has 1 aliphatic carbocycles. The van der Waals surface area contributed by atoms with Crippen molar-refractivity contribution in [1.29, 1.82) is 0 Å². The van der Waals surface area contributed by atoms with Crippen molar-refractivity contribution in [2.45, 2.75) is 65.3 Å². The summed E-state index contributed by atoms with van der Waals surface area (Å²) in [5.41, 5.74) is 0.724. The third-order valence-electron chi connectivity index (χ3n) is 4.62. The van der Waals surface area contributed by atoms with E-state index in [4.69, 9.17) is 0 Å². The van der Waals surface area contributed by atoms with E-state index in [1.807, 2.05) is 0 Å². The van der Waals surface area contributed by atoms with Gasteiger partial charge in [-0.15, -0.1) is 0 Å². The summed E-state index contributed by atoms with van der Waals surface area (Å²) in [6.07, 6.45) is 8.45. The second-order valence-electron chi connectivity index (χ2n) is 7.12. The number of nitrogens with one attached hydrogen (secondary N) is 1. The predicted octanol–water partition coefficient (Wildman–Crippen LogP) is 3.28. The molecule has 2 rings (SSSR count). The lowest BCUT2D eigenvalue weighted by molar-refractivity contribution is 0.201. The van der Waals surface area contributed by atoms with Gasteiger partial charge in [0.25, 0.3) is 0 Å². The molecule has 0 amide bonds. The molecule has 2 fully saturated rings. The zero-order valence-corrected chi connectivity index (χ0v) is 12.7. The molecule has 0 aromatic carbocycles. The fourth-order valence-corrected chi connectivity index (χ4v) is 3.62. The lowest BCUT2D eigenvalue weighted by Gasteiger charge is -2.29. The molecule has 0 spiro atoms. The van der Waals surface area contributed by atoms with Crippen molar-refractivity contribution in [2.24, 2.45) is 11.3 Å². The van der Waals surface area contributed by atoms with Crippen LogP contribution >= 0.6 is 0 Å². The smallest absolute Gasteiger partial charge is 0.0197 e. The van der Waals surface area contributed by atoms with Crippen LogP contribution in [0.3, 0.4) is 0 Å². The Hall–Kier alpha value is -0.0800. The van der Waals surface area contributed by atoms with Crippen LogP contribution < -0.4 is 5.32 Å². The highest BCUT2D eigenvalue weighted by Crippen LogP contribution is 2.50. The molecule has 2 aliphatic rings. The van der Waals surface area contributed by atoms with E-state index in [9.17, 15) is 0 Å². The van der Waals surface area contributed by atoms with E-state index < -0.39 is 0 Å². The topological polar surface area (TPSA) is 15.3 Å². The van der Waals surface area contributed by atoms with Gasteiger partial charge in [0.05, 0.1) is 0 Å². The summed E-state index contributed by atoms with van der Waals surface area (Å²) in [4.78, 5) is 2.76. The lowest BCUT2D eigenvalue weighted by atomic mass is 9.99. The largest absolute Gasteiger partial charge is 0.313 e. The van der Waals surface area contributed by atoms with E-state index in [0.29, 0.717) is 0 Å². The first kappa shape index (κ1) is 14.3. The molecule has 1 saturated heterocycles. The number of hydrogen-bond acceptors (Lipinski definition) is 2. The Kier molecular flexibility index (Phi) is 5.08. The molecule has 0 bridgehead atoms. The fourth-order valence-electron chi connectivity index (χ4n) is 3.62. The maximum Gasteiger partial charge on any atom is 0.0197 e. The second-order valence-corrected chi connectivity index (χ2v) is 7.12. The highest BCUT2D eigenvalue weighted by molar-refractivity contribution is 4.96. The van der Waals surface area contributed by atoms with Gasteiger partial charge in [-0.2, -0.15) is 0 Å². The van der Waals surface area contributed by atoms with Crippen LogP contribution in [0.4, 0.5) is 0 Å². The van der Waals surface area contributed by atoms with Gasteiger partial charge in [-0.3, -0.25) is 0 Å². The Bertz CT molecular complexity index is 245. The molecule has 2 nitrogen and oxygen atoms in total. The zero-order chi connectivity index (χ0) is 13.0. The Morgan fingerprint density at radius 3 is 2.72 bits per heavy atom. The SMILES string of the molecule is CCCC1(CN2CCCNC(CC(C)C)C2)CC1. The van der Waals surface area contributed by atoms with Crippen LogP contribution in [0.25, 0.3) is 0 Å². The summed E-state index contributed by atoms with van der Waals surface area (Å²) >= 11 is 0. The van der Waals surface area contributed by atoms with Crippen molar-refractivity contribution in [2.75, 3.05) is 26.2 Å². The molecule has 106 valence electrons. The fraction of sp³-hybridized carbons (Fsp3) is 1.00. The summed E-state index contributed by atoms with van der Waals surface area (Å²) < 4.78 is 0. The molecular formula is C16H32N2. The highest BCUT2D eigenvalue weighted by Gasteiger charge is 2.42. The van der Waals surface area contributed by atoms with Gasteiger partial charge < -0.3 is 10.2 Å². The normalized spacial score (nSPS) is 28.3. The summed E-state index contributed by atoms with van der Waals surface area (Å²) in [5.74, 6) is 0.813. The lowest BCUT2D eigenvalue weighted by Crippen LogP contribution is -2.40. The third-order valence-corrected chi connectivity index (χ3v) is 4.62. The van der Waals surface area contributed by atoms with E-state index in [0.717, 1.165) is 17.4 Å². The molecule has 1 heterocycles. The van der Waals surface area contributed by atoms with E-state index >= 15 is 0 Å². The number of rotatable bonds is 6. The van der Waals surface area contributed by atoms with Crippen molar-refractivity contribution >= 4 is 0 Å². The molecule has 0 aromatic heterocycles. The number of nitrogens with zero attached hydrogens (tertiary/aromatic N) is 1. The Balaban J connectivity index is 1.83. The van der Waals surface area contributed by atoms with Crippen molar-refractivity contribution in [1.82, 2.24) is 10.2 Å². The average molecular weight is 252 g/mol. The maximum atomic E-state index is 3.74. The highest BCUT2D eigenvalue weighted by atomic mass is 15.2. The van der Waals surface area contributed by atoms with Crippen molar-refractivity contribution in [3.8, 4) is 0 Å². The minimum absolute atomic E-state index is 0.724. The van der Waals surface area contributed by atoms with Crippen LogP contribution in [0.5, 0.6) is 0 Å². The maximum absolute atomic E-state index is 3.74. The van der Waals surface area contributed by atoms with Crippen LogP contribution in [-0.2, 0) is 0 Å². The van der Waals surface area contributed by atoms with Crippen LogP contribution in [0.1, 0.15) is 59.3 Å². The van der Waals surface area contributed by atoms with Crippen LogP contribution in [0, 0.1) is 11.3 Å². The van der Waals surface area contributed by atoms with Gasteiger partial charge >= 0.3 is 0 Å². The first-order valence-corrected chi connectivity index (χ1v) is 8.09. The zero-order valence-electron chi connectivity index (χ0n) is 12.7. The average Bonchev–Trinajstić information content (AvgIpc) is 3.05. The predicted molar refractivity (Wildman–Crippen MR) is 78.9 cm³/mol. The van der Waals surface area contributed by atoms with Gasteiger partial charge in [0.15, 0.2) is 0 Å². The van der Waals surface area contributed by atoms with E-state index in [1.54, 1.807) is 0 Å². The minimum atomic E-state index is 0.724. The standard InChI is InChI=1S/C16H32N2/c1-4-6-16(7-8-16)13-18-10-5-9-17-15(12-18)11-14(2)3/h14-15,17H,4-13H2,1-3H3. The Labute approximate surface area is 114 Å². The van der Waals surface area contributed by atoms with Gasteiger partial charge in [-0.25, -0.2) is 0 Å². The minimum Gasteiger partial charge on any atom is -0.313 e. The first-order chi connectivity index (χ1) is 8.63. The van der Waals surface area contributed by atoms with Crippen molar-refractivity contribution in [3.63, 3.8) is 0 Å². The third kappa shape index (κ3) is 4.24. The monoisotopic (exact) mass is 252 g/mol. The van der Waals surface area contributed by atoms with E-state index in [-0.39, 0.29) is 0 Å². The summed E-state index contributed by atoms with van der Waals surface area (Å²) in [7, 11) is 0. The first-order valence-electron chi connectivity index (χ1n) is 8.09. The van der Waals surface area contributed by atoms with Gasteiger partial charge in [-0.05, 0) is 56.5 Å². The molecule has 18 heavy (non-hydrogen) atoms. The Morgan fingerprint density at radius 1 is 1.33 bits per heavy atom. The summed E-state index contributed by atoms with van der Waals surface area (Å²) in [5, 5.41) is 3.74. The van der Waals surface area contributed by atoms with Crippen LogP contribution in [-0.4, -0.2) is 37.1 Å². The van der Waals surface area contributed by atoms with E-state index in [1.165, 1.54) is 64.7 Å². The Morgan fingerprint density at radius 2 is 2.11 bits per heavy atom. The van der Waals surface area contributed by atoms with Crippen molar-refractivity contribution in [3.05, 3.63) is 0 Å². The molecule has 1 saturated carbocycles. The summed E-state index contributed by atoms with van der Waals surface area (Å²) in [6.45, 7) is 12.2.